The number of hydrogen-bond donors (Lipinski definition) is 1. The predicted octanol–water partition coefficient (Wildman–Crippen LogP) is 3.08. The SMILES string of the molecule is CC(C)(C(=O)O)c1ccc(N2CC=CC2)c(Cl)c1. The van der Waals surface area contributed by atoms with E-state index in [4.69, 9.17) is 11.6 Å². The van der Waals surface area contributed by atoms with Crippen LogP contribution in [0.15, 0.2) is 30.4 Å². The minimum Gasteiger partial charge on any atom is -0.481 e. The Kier molecular flexibility index (Phi) is 3.35. The van der Waals surface area contributed by atoms with Crippen LogP contribution in [0.25, 0.3) is 0 Å². The fourth-order valence-corrected chi connectivity index (χ4v) is 2.25. The van der Waals surface area contributed by atoms with E-state index in [0.29, 0.717) is 5.02 Å². The van der Waals surface area contributed by atoms with Crippen molar-refractivity contribution >= 4 is 23.3 Å². The van der Waals surface area contributed by atoms with E-state index in [0.717, 1.165) is 24.3 Å². The van der Waals surface area contributed by atoms with Gasteiger partial charge in [0.2, 0.25) is 0 Å². The van der Waals surface area contributed by atoms with Gasteiger partial charge in [-0.2, -0.15) is 0 Å². The van der Waals surface area contributed by atoms with E-state index in [9.17, 15) is 9.90 Å². The van der Waals surface area contributed by atoms with Crippen molar-refractivity contribution in [2.75, 3.05) is 18.0 Å². The largest absolute Gasteiger partial charge is 0.481 e. The third-order valence-corrected chi connectivity index (χ3v) is 3.67. The normalized spacial score (nSPS) is 15.2. The highest BCUT2D eigenvalue weighted by molar-refractivity contribution is 6.33. The second-order valence-electron chi connectivity index (χ2n) is 4.97. The van der Waals surface area contributed by atoms with Gasteiger partial charge in [0.1, 0.15) is 0 Å². The Bertz CT molecular complexity index is 501. The standard InChI is InChI=1S/C14H16ClNO2/c1-14(2,13(17)18)10-5-6-12(11(15)9-10)16-7-3-4-8-16/h3-6,9H,7-8H2,1-2H3,(H,17,18). The van der Waals surface area contributed by atoms with Gasteiger partial charge in [0.25, 0.3) is 0 Å². The van der Waals surface area contributed by atoms with Gasteiger partial charge in [-0.3, -0.25) is 4.79 Å². The van der Waals surface area contributed by atoms with Crippen LogP contribution in [0.5, 0.6) is 0 Å². The van der Waals surface area contributed by atoms with Crippen molar-refractivity contribution in [1.82, 2.24) is 0 Å². The number of aliphatic carboxylic acids is 1. The van der Waals surface area contributed by atoms with Gasteiger partial charge in [0.05, 0.1) is 16.1 Å². The van der Waals surface area contributed by atoms with Crippen molar-refractivity contribution in [2.24, 2.45) is 0 Å². The number of halogens is 1. The Labute approximate surface area is 112 Å². The van der Waals surface area contributed by atoms with Crippen molar-refractivity contribution in [3.05, 3.63) is 40.9 Å². The highest BCUT2D eigenvalue weighted by atomic mass is 35.5. The average Bonchev–Trinajstić information content (AvgIpc) is 2.82. The lowest BCUT2D eigenvalue weighted by Crippen LogP contribution is -2.28. The quantitative estimate of drug-likeness (QED) is 0.854. The zero-order chi connectivity index (χ0) is 13.3. The topological polar surface area (TPSA) is 40.5 Å². The minimum absolute atomic E-state index is 0.602. The summed E-state index contributed by atoms with van der Waals surface area (Å²) < 4.78 is 0. The number of hydrogen-bond acceptors (Lipinski definition) is 2. The molecule has 1 aromatic rings. The number of anilines is 1. The molecule has 0 spiro atoms. The molecule has 0 saturated heterocycles. The molecule has 0 aromatic heterocycles. The molecule has 0 atom stereocenters. The first kappa shape index (κ1) is 13.0. The van der Waals surface area contributed by atoms with E-state index in [1.165, 1.54) is 0 Å². The van der Waals surface area contributed by atoms with E-state index in [2.05, 4.69) is 17.1 Å². The second kappa shape index (κ2) is 4.65. The molecule has 0 radical (unpaired) electrons. The lowest BCUT2D eigenvalue weighted by atomic mass is 9.85. The summed E-state index contributed by atoms with van der Waals surface area (Å²) in [6.45, 7) is 5.05. The van der Waals surface area contributed by atoms with Gasteiger partial charge in [-0.15, -0.1) is 0 Å². The number of nitrogens with zero attached hydrogens (tertiary/aromatic N) is 1. The lowest BCUT2D eigenvalue weighted by molar-refractivity contribution is -0.142. The first-order valence-electron chi connectivity index (χ1n) is 5.86. The maximum absolute atomic E-state index is 11.2. The third-order valence-electron chi connectivity index (χ3n) is 3.36. The van der Waals surface area contributed by atoms with Crippen LogP contribution in [0.4, 0.5) is 5.69 Å². The van der Waals surface area contributed by atoms with Gasteiger partial charge >= 0.3 is 5.97 Å². The van der Waals surface area contributed by atoms with E-state index in [1.807, 2.05) is 12.1 Å². The molecule has 0 unspecified atom stereocenters. The van der Waals surface area contributed by atoms with Crippen LogP contribution in [0.1, 0.15) is 19.4 Å². The van der Waals surface area contributed by atoms with Crippen LogP contribution < -0.4 is 4.90 Å². The minimum atomic E-state index is -0.925. The monoisotopic (exact) mass is 265 g/mol. The Morgan fingerprint density at radius 2 is 1.94 bits per heavy atom. The molecule has 1 heterocycles. The molecule has 3 nitrogen and oxygen atoms in total. The maximum Gasteiger partial charge on any atom is 0.313 e. The van der Waals surface area contributed by atoms with Gasteiger partial charge in [-0.1, -0.05) is 29.8 Å². The Balaban J connectivity index is 2.33. The molecular weight excluding hydrogens is 250 g/mol. The summed E-state index contributed by atoms with van der Waals surface area (Å²) in [7, 11) is 0. The van der Waals surface area contributed by atoms with E-state index >= 15 is 0 Å². The fraction of sp³-hybridized carbons (Fsp3) is 0.357. The smallest absolute Gasteiger partial charge is 0.313 e. The Morgan fingerprint density at radius 1 is 1.33 bits per heavy atom. The summed E-state index contributed by atoms with van der Waals surface area (Å²) in [5, 5.41) is 9.81. The second-order valence-corrected chi connectivity index (χ2v) is 5.38. The van der Waals surface area contributed by atoms with Crippen molar-refractivity contribution < 1.29 is 9.90 Å². The number of carbonyl (C=O) groups is 1. The fourth-order valence-electron chi connectivity index (χ4n) is 1.95. The van der Waals surface area contributed by atoms with E-state index < -0.39 is 11.4 Å². The summed E-state index contributed by atoms with van der Waals surface area (Å²) in [5.74, 6) is -0.853. The van der Waals surface area contributed by atoms with Crippen LogP contribution >= 0.6 is 11.6 Å². The Morgan fingerprint density at radius 3 is 2.44 bits per heavy atom. The van der Waals surface area contributed by atoms with Gasteiger partial charge in [-0.25, -0.2) is 0 Å². The highest BCUT2D eigenvalue weighted by Crippen LogP contribution is 2.32. The molecule has 1 aromatic carbocycles. The number of benzene rings is 1. The van der Waals surface area contributed by atoms with Crippen LogP contribution in [-0.2, 0) is 10.2 Å². The number of carboxylic acids is 1. The molecule has 96 valence electrons. The lowest BCUT2D eigenvalue weighted by Gasteiger charge is -2.23. The van der Waals surface area contributed by atoms with Crippen LogP contribution in [0, 0.1) is 0 Å². The zero-order valence-corrected chi connectivity index (χ0v) is 11.2. The summed E-state index contributed by atoms with van der Waals surface area (Å²) in [6.07, 6.45) is 4.18. The molecule has 0 aliphatic carbocycles. The van der Waals surface area contributed by atoms with Gasteiger partial charge in [0.15, 0.2) is 0 Å². The van der Waals surface area contributed by atoms with Gasteiger partial charge in [-0.05, 0) is 31.5 Å². The van der Waals surface area contributed by atoms with Crippen molar-refractivity contribution in [3.8, 4) is 0 Å². The molecule has 1 N–H and O–H groups in total. The van der Waals surface area contributed by atoms with Crippen LogP contribution in [0.2, 0.25) is 5.02 Å². The maximum atomic E-state index is 11.2. The van der Waals surface area contributed by atoms with E-state index in [1.54, 1.807) is 19.9 Å². The van der Waals surface area contributed by atoms with Gasteiger partial charge in [0, 0.05) is 13.1 Å². The number of carboxylic acid groups (broad SMARTS) is 1. The molecule has 18 heavy (non-hydrogen) atoms. The highest BCUT2D eigenvalue weighted by Gasteiger charge is 2.30. The van der Waals surface area contributed by atoms with Crippen LogP contribution in [0.3, 0.4) is 0 Å². The first-order valence-corrected chi connectivity index (χ1v) is 6.24. The molecule has 0 fully saturated rings. The molecule has 0 bridgehead atoms. The Hall–Kier alpha value is -1.48. The predicted molar refractivity (Wildman–Crippen MR) is 73.5 cm³/mol. The molecule has 1 aliphatic heterocycles. The van der Waals surface area contributed by atoms with Crippen LogP contribution in [-0.4, -0.2) is 24.2 Å². The molecule has 1 aliphatic rings. The van der Waals surface area contributed by atoms with E-state index in [-0.39, 0.29) is 0 Å². The third kappa shape index (κ3) is 2.23. The van der Waals surface area contributed by atoms with Crippen molar-refractivity contribution in [2.45, 2.75) is 19.3 Å². The summed E-state index contributed by atoms with van der Waals surface area (Å²) >= 11 is 6.26. The zero-order valence-electron chi connectivity index (χ0n) is 10.5. The molecule has 0 saturated carbocycles. The summed E-state index contributed by atoms with van der Waals surface area (Å²) in [5.41, 5.74) is 0.744. The molecule has 0 amide bonds. The summed E-state index contributed by atoms with van der Waals surface area (Å²) in [6, 6.07) is 5.49. The molecular formula is C14H16ClNO2. The average molecular weight is 266 g/mol. The van der Waals surface area contributed by atoms with Crippen molar-refractivity contribution in [3.63, 3.8) is 0 Å². The molecule has 4 heteroatoms. The first-order chi connectivity index (χ1) is 8.43. The number of rotatable bonds is 3. The van der Waals surface area contributed by atoms with Gasteiger partial charge < -0.3 is 10.0 Å². The summed E-state index contributed by atoms with van der Waals surface area (Å²) in [4.78, 5) is 13.3. The van der Waals surface area contributed by atoms with Crippen molar-refractivity contribution in [1.29, 1.82) is 0 Å². The molecule has 2 rings (SSSR count).